The van der Waals surface area contributed by atoms with E-state index in [1.807, 2.05) is 50.5 Å². The van der Waals surface area contributed by atoms with Crippen LogP contribution in [0.1, 0.15) is 11.3 Å². The molecule has 0 saturated carbocycles. The predicted molar refractivity (Wildman–Crippen MR) is 110 cm³/mol. The molecule has 3 aromatic rings. The summed E-state index contributed by atoms with van der Waals surface area (Å²) in [5.74, 6) is 0.932. The third-order valence-electron chi connectivity index (χ3n) is 4.19. The second kappa shape index (κ2) is 9.03. The molecule has 0 aliphatic carbocycles. The summed E-state index contributed by atoms with van der Waals surface area (Å²) in [6.07, 6.45) is 1.62. The van der Waals surface area contributed by atoms with Crippen LogP contribution in [0.3, 0.4) is 0 Å². The second-order valence-corrected chi connectivity index (χ2v) is 6.47. The van der Waals surface area contributed by atoms with E-state index in [2.05, 4.69) is 20.6 Å². The van der Waals surface area contributed by atoms with Gasteiger partial charge in [-0.05, 0) is 29.8 Å². The van der Waals surface area contributed by atoms with E-state index < -0.39 is 0 Å². The van der Waals surface area contributed by atoms with Crippen molar-refractivity contribution in [3.8, 4) is 11.5 Å². The van der Waals surface area contributed by atoms with E-state index >= 15 is 0 Å². The Bertz CT molecular complexity index is 937. The lowest BCUT2D eigenvalue weighted by Gasteiger charge is -2.15. The van der Waals surface area contributed by atoms with Gasteiger partial charge in [0, 0.05) is 33.3 Å². The lowest BCUT2D eigenvalue weighted by Crippen LogP contribution is -2.36. The number of rotatable bonds is 6. The minimum absolute atomic E-state index is 0.247. The lowest BCUT2D eigenvalue weighted by atomic mass is 10.2. The molecule has 0 unspecified atom stereocenters. The molecule has 6 nitrogen and oxygen atoms in total. The van der Waals surface area contributed by atoms with E-state index in [4.69, 9.17) is 4.42 Å². The minimum atomic E-state index is -0.247. The Morgan fingerprint density at radius 1 is 1.11 bits per heavy atom. The van der Waals surface area contributed by atoms with Crippen LogP contribution in [-0.4, -0.2) is 32.1 Å². The molecule has 0 aliphatic rings. The lowest BCUT2D eigenvalue weighted by molar-refractivity contribution is 0.572. The first-order chi connectivity index (χ1) is 13.6. The topological polar surface area (TPSA) is 65.7 Å². The number of aromatic nitrogens is 1. The molecule has 0 atom stereocenters. The number of hydrogen-bond donors (Lipinski definition) is 2. The van der Waals surface area contributed by atoms with Gasteiger partial charge < -0.3 is 20.0 Å². The SMILES string of the molecule is CN=C(NCc1ccc(N(C)C)c(F)c1)NCc1coc(-c2ccccc2)n1. The van der Waals surface area contributed by atoms with Gasteiger partial charge in [0.15, 0.2) is 5.96 Å². The fraction of sp³-hybridized carbons (Fsp3) is 0.238. The van der Waals surface area contributed by atoms with Crippen LogP contribution in [-0.2, 0) is 13.1 Å². The summed E-state index contributed by atoms with van der Waals surface area (Å²) < 4.78 is 19.6. The monoisotopic (exact) mass is 381 g/mol. The minimum Gasteiger partial charge on any atom is -0.444 e. The number of oxazole rings is 1. The summed E-state index contributed by atoms with van der Waals surface area (Å²) in [5.41, 5.74) is 3.09. The number of anilines is 1. The normalized spacial score (nSPS) is 11.4. The number of nitrogens with zero attached hydrogens (tertiary/aromatic N) is 3. The van der Waals surface area contributed by atoms with Gasteiger partial charge in [0.25, 0.3) is 0 Å². The molecule has 28 heavy (non-hydrogen) atoms. The summed E-state index contributed by atoms with van der Waals surface area (Å²) in [6, 6.07) is 14.9. The molecule has 7 heteroatoms. The van der Waals surface area contributed by atoms with Crippen LogP contribution in [0.5, 0.6) is 0 Å². The number of benzene rings is 2. The summed E-state index contributed by atoms with van der Waals surface area (Å²) in [5, 5.41) is 6.35. The van der Waals surface area contributed by atoms with E-state index in [-0.39, 0.29) is 5.82 Å². The molecular weight excluding hydrogens is 357 g/mol. The standard InChI is InChI=1S/C21H24FN5O/c1-23-21(24-12-15-9-10-19(27(2)3)18(22)11-15)25-13-17-14-28-20(26-17)16-7-5-4-6-8-16/h4-11,14H,12-13H2,1-3H3,(H2,23,24,25). The molecule has 0 spiro atoms. The Morgan fingerprint density at radius 3 is 2.54 bits per heavy atom. The molecule has 0 radical (unpaired) electrons. The fourth-order valence-electron chi connectivity index (χ4n) is 2.71. The maximum Gasteiger partial charge on any atom is 0.226 e. The summed E-state index contributed by atoms with van der Waals surface area (Å²) >= 11 is 0. The van der Waals surface area contributed by atoms with Crippen LogP contribution in [0.2, 0.25) is 0 Å². The predicted octanol–water partition coefficient (Wildman–Crippen LogP) is 3.41. The average molecular weight is 381 g/mol. The molecule has 0 bridgehead atoms. The molecule has 0 saturated heterocycles. The second-order valence-electron chi connectivity index (χ2n) is 6.47. The van der Waals surface area contributed by atoms with Crippen LogP contribution in [0.15, 0.2) is 64.2 Å². The molecule has 2 N–H and O–H groups in total. The van der Waals surface area contributed by atoms with Crippen LogP contribution in [0, 0.1) is 5.82 Å². The van der Waals surface area contributed by atoms with Crippen molar-refractivity contribution in [1.29, 1.82) is 0 Å². The Balaban J connectivity index is 1.54. The molecule has 0 fully saturated rings. The van der Waals surface area contributed by atoms with Gasteiger partial charge in [0.1, 0.15) is 12.1 Å². The van der Waals surface area contributed by atoms with Crippen LogP contribution in [0.4, 0.5) is 10.1 Å². The number of nitrogens with one attached hydrogen (secondary N) is 2. The highest BCUT2D eigenvalue weighted by atomic mass is 19.1. The van der Waals surface area contributed by atoms with Gasteiger partial charge in [-0.2, -0.15) is 0 Å². The molecule has 1 aromatic heterocycles. The van der Waals surface area contributed by atoms with Crippen molar-refractivity contribution in [2.24, 2.45) is 4.99 Å². The largest absolute Gasteiger partial charge is 0.444 e. The Labute approximate surface area is 164 Å². The van der Waals surface area contributed by atoms with Crippen molar-refractivity contribution in [1.82, 2.24) is 15.6 Å². The molecular formula is C21H24FN5O. The van der Waals surface area contributed by atoms with Crippen LogP contribution < -0.4 is 15.5 Å². The van der Waals surface area contributed by atoms with E-state index in [1.54, 1.807) is 24.3 Å². The third-order valence-corrected chi connectivity index (χ3v) is 4.19. The zero-order valence-electron chi connectivity index (χ0n) is 16.2. The molecule has 2 aromatic carbocycles. The quantitative estimate of drug-likeness (QED) is 0.506. The van der Waals surface area contributed by atoms with E-state index in [1.165, 1.54) is 6.07 Å². The Hall–Kier alpha value is -3.35. The van der Waals surface area contributed by atoms with Crippen molar-refractivity contribution in [2.75, 3.05) is 26.0 Å². The Kier molecular flexibility index (Phi) is 6.26. The van der Waals surface area contributed by atoms with Gasteiger partial charge >= 0.3 is 0 Å². The summed E-state index contributed by atoms with van der Waals surface area (Å²) in [7, 11) is 5.31. The molecule has 146 valence electrons. The highest BCUT2D eigenvalue weighted by Gasteiger charge is 2.08. The molecule has 0 amide bonds. The van der Waals surface area contributed by atoms with Gasteiger partial charge in [0.2, 0.25) is 5.89 Å². The number of hydrogen-bond acceptors (Lipinski definition) is 4. The number of guanidine groups is 1. The van der Waals surface area contributed by atoms with Gasteiger partial charge in [0.05, 0.1) is 17.9 Å². The smallest absolute Gasteiger partial charge is 0.226 e. The van der Waals surface area contributed by atoms with Crippen molar-refractivity contribution in [2.45, 2.75) is 13.1 Å². The van der Waals surface area contributed by atoms with Crippen LogP contribution in [0.25, 0.3) is 11.5 Å². The highest BCUT2D eigenvalue weighted by molar-refractivity contribution is 5.79. The molecule has 0 aliphatic heterocycles. The van der Waals surface area contributed by atoms with E-state index in [0.29, 0.717) is 30.6 Å². The van der Waals surface area contributed by atoms with Crippen molar-refractivity contribution in [3.05, 3.63) is 71.9 Å². The number of halogens is 1. The van der Waals surface area contributed by atoms with Crippen molar-refractivity contribution in [3.63, 3.8) is 0 Å². The first kappa shape index (κ1) is 19.4. The fourth-order valence-corrected chi connectivity index (χ4v) is 2.71. The maximum atomic E-state index is 14.1. The van der Waals surface area contributed by atoms with Gasteiger partial charge in [-0.1, -0.05) is 24.3 Å². The average Bonchev–Trinajstić information content (AvgIpc) is 3.17. The van der Waals surface area contributed by atoms with Gasteiger partial charge in [-0.25, -0.2) is 9.37 Å². The summed E-state index contributed by atoms with van der Waals surface area (Å²) in [4.78, 5) is 10.4. The Morgan fingerprint density at radius 2 is 1.86 bits per heavy atom. The van der Waals surface area contributed by atoms with Crippen molar-refractivity contribution >= 4 is 11.6 Å². The zero-order valence-corrected chi connectivity index (χ0v) is 16.2. The van der Waals surface area contributed by atoms with E-state index in [0.717, 1.165) is 16.8 Å². The number of aliphatic imine (C=N–C) groups is 1. The van der Waals surface area contributed by atoms with Crippen LogP contribution >= 0.6 is 0 Å². The first-order valence-electron chi connectivity index (χ1n) is 8.97. The van der Waals surface area contributed by atoms with Gasteiger partial charge in [-0.15, -0.1) is 0 Å². The first-order valence-corrected chi connectivity index (χ1v) is 8.97. The third kappa shape index (κ3) is 4.88. The summed E-state index contributed by atoms with van der Waals surface area (Å²) in [6.45, 7) is 0.919. The van der Waals surface area contributed by atoms with Crippen molar-refractivity contribution < 1.29 is 8.81 Å². The zero-order chi connectivity index (χ0) is 19.9. The highest BCUT2D eigenvalue weighted by Crippen LogP contribution is 2.19. The molecule has 1 heterocycles. The van der Waals surface area contributed by atoms with Gasteiger partial charge in [-0.3, -0.25) is 4.99 Å². The molecule has 3 rings (SSSR count). The maximum absolute atomic E-state index is 14.1. The van der Waals surface area contributed by atoms with E-state index in [9.17, 15) is 4.39 Å².